The molecule has 0 bridgehead atoms. The average Bonchev–Trinajstić information content (AvgIpc) is 3.56. The molecule has 33 heavy (non-hydrogen) atoms. The first kappa shape index (κ1) is 21.6. The van der Waals surface area contributed by atoms with E-state index < -0.39 is 0 Å². The van der Waals surface area contributed by atoms with Crippen LogP contribution in [-0.2, 0) is 4.74 Å². The molecule has 0 unspecified atom stereocenters. The van der Waals surface area contributed by atoms with Gasteiger partial charge < -0.3 is 15.4 Å². The number of ether oxygens (including phenoxy) is 1. The predicted molar refractivity (Wildman–Crippen MR) is 132 cm³/mol. The van der Waals surface area contributed by atoms with E-state index in [0.717, 1.165) is 86.2 Å². The van der Waals surface area contributed by atoms with Crippen LogP contribution in [0.15, 0.2) is 42.5 Å². The Morgan fingerprint density at radius 1 is 1.06 bits per heavy atom. The molecule has 0 saturated heterocycles. The normalized spacial score (nSPS) is 13.7. The summed E-state index contributed by atoms with van der Waals surface area (Å²) in [5.41, 5.74) is 3.86. The number of aromatic nitrogens is 3. The minimum Gasteiger partial charge on any atom is -0.381 e. The third-order valence-corrected chi connectivity index (χ3v) is 6.00. The number of carbonyl (C=O) groups is 1. The van der Waals surface area contributed by atoms with Gasteiger partial charge in [-0.05, 0) is 68.9 Å². The van der Waals surface area contributed by atoms with Crippen molar-refractivity contribution in [2.45, 2.75) is 51.5 Å². The van der Waals surface area contributed by atoms with Crippen molar-refractivity contribution in [2.75, 3.05) is 25.1 Å². The van der Waals surface area contributed by atoms with Crippen LogP contribution in [0.2, 0.25) is 0 Å². The topological polar surface area (TPSA) is 80.5 Å². The van der Waals surface area contributed by atoms with E-state index in [1.165, 1.54) is 0 Å². The molecule has 0 aliphatic heterocycles. The van der Waals surface area contributed by atoms with Crippen molar-refractivity contribution in [3.8, 4) is 0 Å². The molecule has 4 aromatic rings. The molecule has 0 spiro atoms. The molecule has 1 amide bonds. The summed E-state index contributed by atoms with van der Waals surface area (Å²) in [5, 5.41) is 7.48. The molecule has 0 atom stereocenters. The van der Waals surface area contributed by atoms with Crippen molar-refractivity contribution in [1.82, 2.24) is 19.7 Å². The van der Waals surface area contributed by atoms with Crippen LogP contribution in [0.3, 0.4) is 0 Å². The largest absolute Gasteiger partial charge is 0.381 e. The second kappa shape index (κ2) is 9.75. The maximum Gasteiger partial charge on any atom is 0.255 e. The quantitative estimate of drug-likeness (QED) is 0.320. The van der Waals surface area contributed by atoms with Crippen molar-refractivity contribution in [3.63, 3.8) is 0 Å². The third kappa shape index (κ3) is 4.78. The van der Waals surface area contributed by atoms with Crippen LogP contribution in [0.25, 0.3) is 27.7 Å². The van der Waals surface area contributed by atoms with Gasteiger partial charge in [0.05, 0.1) is 16.6 Å². The van der Waals surface area contributed by atoms with E-state index >= 15 is 0 Å². The lowest BCUT2D eigenvalue weighted by Crippen LogP contribution is -2.26. The van der Waals surface area contributed by atoms with Crippen molar-refractivity contribution < 1.29 is 9.53 Å². The Kier molecular flexibility index (Phi) is 6.39. The van der Waals surface area contributed by atoms with Gasteiger partial charge in [-0.15, -0.1) is 0 Å². The molecular formula is C26H31N5O2. The van der Waals surface area contributed by atoms with Gasteiger partial charge in [-0.1, -0.05) is 19.1 Å². The van der Waals surface area contributed by atoms with E-state index in [-0.39, 0.29) is 5.91 Å². The van der Waals surface area contributed by atoms with Crippen LogP contribution < -0.4 is 10.6 Å². The first-order valence-electron chi connectivity index (χ1n) is 12.1. The summed E-state index contributed by atoms with van der Waals surface area (Å²) in [7, 11) is 0. The van der Waals surface area contributed by atoms with Crippen molar-refractivity contribution in [3.05, 3.63) is 48.0 Å². The van der Waals surface area contributed by atoms with E-state index in [9.17, 15) is 4.79 Å². The van der Waals surface area contributed by atoms with E-state index in [1.807, 2.05) is 46.9 Å². The highest BCUT2D eigenvalue weighted by Crippen LogP contribution is 2.27. The molecule has 7 heteroatoms. The summed E-state index contributed by atoms with van der Waals surface area (Å²) in [5.74, 6) is 0.767. The molecule has 1 aliphatic rings. The van der Waals surface area contributed by atoms with Gasteiger partial charge in [0.25, 0.3) is 5.91 Å². The van der Waals surface area contributed by atoms with Crippen molar-refractivity contribution in [1.29, 1.82) is 0 Å². The van der Waals surface area contributed by atoms with Gasteiger partial charge in [0.1, 0.15) is 11.5 Å². The summed E-state index contributed by atoms with van der Waals surface area (Å²) in [6.07, 6.45) is 6.45. The zero-order valence-corrected chi connectivity index (χ0v) is 19.1. The SMILES string of the molecule is CCCOCCCCCNc1ccc2cc(C(=O)NC3CC3)c3nc4ccccc4n3c2n1. The van der Waals surface area contributed by atoms with Gasteiger partial charge in [-0.25, -0.2) is 9.97 Å². The molecule has 1 fully saturated rings. The molecule has 1 saturated carbocycles. The number of benzene rings is 1. The fraction of sp³-hybridized carbons (Fsp3) is 0.423. The molecular weight excluding hydrogens is 414 g/mol. The fourth-order valence-corrected chi connectivity index (χ4v) is 4.12. The van der Waals surface area contributed by atoms with Crippen LogP contribution in [-0.4, -0.2) is 46.1 Å². The van der Waals surface area contributed by atoms with Gasteiger partial charge in [0.15, 0.2) is 5.65 Å². The number of nitrogens with one attached hydrogen (secondary N) is 2. The number of anilines is 1. The highest BCUT2D eigenvalue weighted by molar-refractivity contribution is 6.05. The van der Waals surface area contributed by atoms with Gasteiger partial charge in [-0.2, -0.15) is 0 Å². The first-order valence-corrected chi connectivity index (χ1v) is 12.1. The Labute approximate surface area is 193 Å². The van der Waals surface area contributed by atoms with Crippen LogP contribution in [0.4, 0.5) is 5.82 Å². The number of pyridine rings is 2. The number of para-hydroxylation sites is 2. The summed E-state index contributed by atoms with van der Waals surface area (Å²) >= 11 is 0. The molecule has 7 nitrogen and oxygen atoms in total. The fourth-order valence-electron chi connectivity index (χ4n) is 4.12. The zero-order chi connectivity index (χ0) is 22.6. The van der Waals surface area contributed by atoms with Gasteiger partial charge in [-0.3, -0.25) is 9.20 Å². The Morgan fingerprint density at radius 2 is 1.94 bits per heavy atom. The predicted octanol–water partition coefficient (Wildman–Crippen LogP) is 4.94. The summed E-state index contributed by atoms with van der Waals surface area (Å²) in [6.45, 7) is 4.68. The van der Waals surface area contributed by atoms with Crippen LogP contribution in [0.1, 0.15) is 55.8 Å². The number of unbranched alkanes of at least 4 members (excludes halogenated alkanes) is 2. The number of carbonyl (C=O) groups excluding carboxylic acids is 1. The maximum atomic E-state index is 13.0. The summed E-state index contributed by atoms with van der Waals surface area (Å²) in [4.78, 5) is 22.7. The van der Waals surface area contributed by atoms with Crippen LogP contribution in [0, 0.1) is 0 Å². The standard InChI is InChI=1S/C26H31N5O2/c1-2-15-33-16-7-3-6-14-27-23-13-10-18-17-20(26(32)28-19-11-12-19)25-29-21-8-4-5-9-22(21)31(25)24(18)30-23/h4-5,8-10,13,17,19H,2-3,6-7,11-12,14-16H2,1H3,(H,27,30)(H,28,32). The number of hydrogen-bond acceptors (Lipinski definition) is 5. The number of hydrogen-bond donors (Lipinski definition) is 2. The number of rotatable bonds is 11. The lowest BCUT2D eigenvalue weighted by atomic mass is 10.2. The minimum atomic E-state index is -0.0650. The monoisotopic (exact) mass is 445 g/mol. The van der Waals surface area contributed by atoms with Crippen LogP contribution >= 0.6 is 0 Å². The molecule has 2 N–H and O–H groups in total. The van der Waals surface area contributed by atoms with Gasteiger partial charge in [0.2, 0.25) is 0 Å². The highest BCUT2D eigenvalue weighted by atomic mass is 16.5. The molecule has 5 rings (SSSR count). The lowest BCUT2D eigenvalue weighted by molar-refractivity contribution is 0.0952. The second-order valence-corrected chi connectivity index (χ2v) is 8.77. The first-order chi connectivity index (χ1) is 16.2. The Hall–Kier alpha value is -3.19. The Bertz CT molecular complexity index is 1280. The third-order valence-electron chi connectivity index (χ3n) is 6.00. The smallest absolute Gasteiger partial charge is 0.255 e. The molecule has 1 aliphatic carbocycles. The molecule has 3 heterocycles. The van der Waals surface area contributed by atoms with E-state index in [0.29, 0.717) is 17.3 Å². The molecule has 172 valence electrons. The van der Waals surface area contributed by atoms with Crippen molar-refractivity contribution in [2.24, 2.45) is 0 Å². The zero-order valence-electron chi connectivity index (χ0n) is 19.1. The second-order valence-electron chi connectivity index (χ2n) is 8.77. The maximum absolute atomic E-state index is 13.0. The number of imidazole rings is 1. The molecule has 0 radical (unpaired) electrons. The molecule has 3 aromatic heterocycles. The van der Waals surface area contributed by atoms with Crippen LogP contribution in [0.5, 0.6) is 0 Å². The van der Waals surface area contributed by atoms with E-state index in [2.05, 4.69) is 17.6 Å². The Balaban J connectivity index is 1.41. The number of amides is 1. The van der Waals surface area contributed by atoms with E-state index in [4.69, 9.17) is 14.7 Å². The minimum absolute atomic E-state index is 0.0650. The highest BCUT2D eigenvalue weighted by Gasteiger charge is 2.26. The Morgan fingerprint density at radius 3 is 2.79 bits per heavy atom. The summed E-state index contributed by atoms with van der Waals surface area (Å²) < 4.78 is 7.56. The number of fused-ring (bicyclic) bond motifs is 5. The van der Waals surface area contributed by atoms with E-state index in [1.54, 1.807) is 0 Å². The average molecular weight is 446 g/mol. The van der Waals surface area contributed by atoms with Gasteiger partial charge in [0, 0.05) is 31.2 Å². The molecule has 1 aromatic carbocycles. The van der Waals surface area contributed by atoms with Gasteiger partial charge >= 0.3 is 0 Å². The lowest BCUT2D eigenvalue weighted by Gasteiger charge is -2.11. The summed E-state index contributed by atoms with van der Waals surface area (Å²) in [6, 6.07) is 14.2. The number of nitrogens with zero attached hydrogens (tertiary/aromatic N) is 3. The van der Waals surface area contributed by atoms with Crippen molar-refractivity contribution >= 4 is 39.4 Å².